The molecule has 0 saturated carbocycles. The molecule has 1 heterocycles. The highest BCUT2D eigenvalue weighted by molar-refractivity contribution is 9.10. The number of nitrogens with zero attached hydrogens (tertiary/aromatic N) is 1. The third-order valence-corrected chi connectivity index (χ3v) is 3.16. The van der Waals surface area contributed by atoms with E-state index in [4.69, 9.17) is 22.7 Å². The molecule has 19 heavy (non-hydrogen) atoms. The first-order valence-corrected chi connectivity index (χ1v) is 6.66. The van der Waals surface area contributed by atoms with Crippen LogP contribution in [0.1, 0.15) is 5.69 Å². The fourth-order valence-corrected chi connectivity index (χ4v) is 2.05. The van der Waals surface area contributed by atoms with Crippen molar-refractivity contribution in [1.82, 2.24) is 4.98 Å². The molecule has 3 N–H and O–H groups in total. The molecule has 2 rings (SSSR count). The molecule has 98 valence electrons. The summed E-state index contributed by atoms with van der Waals surface area (Å²) in [6.45, 7) is 0. The van der Waals surface area contributed by atoms with Crippen molar-refractivity contribution < 1.29 is 4.74 Å². The molecule has 0 amide bonds. The van der Waals surface area contributed by atoms with E-state index in [0.29, 0.717) is 5.69 Å². The Morgan fingerprint density at radius 2 is 2.16 bits per heavy atom. The summed E-state index contributed by atoms with van der Waals surface area (Å²) >= 11 is 8.34. The highest BCUT2D eigenvalue weighted by atomic mass is 79.9. The zero-order valence-electron chi connectivity index (χ0n) is 10.2. The molecule has 0 saturated heterocycles. The first-order valence-electron chi connectivity index (χ1n) is 5.46. The van der Waals surface area contributed by atoms with Crippen molar-refractivity contribution in [3.8, 4) is 5.75 Å². The van der Waals surface area contributed by atoms with Crippen molar-refractivity contribution in [2.24, 2.45) is 5.73 Å². The van der Waals surface area contributed by atoms with Gasteiger partial charge in [0.05, 0.1) is 18.5 Å². The van der Waals surface area contributed by atoms with E-state index >= 15 is 0 Å². The van der Waals surface area contributed by atoms with Crippen molar-refractivity contribution in [3.63, 3.8) is 0 Å². The van der Waals surface area contributed by atoms with Crippen molar-refractivity contribution in [2.75, 3.05) is 12.4 Å². The van der Waals surface area contributed by atoms with Crippen LogP contribution in [0.3, 0.4) is 0 Å². The maximum Gasteiger partial charge on any atom is 0.142 e. The third kappa shape index (κ3) is 3.42. The molecule has 0 spiro atoms. The second-order valence-electron chi connectivity index (χ2n) is 3.76. The first kappa shape index (κ1) is 13.8. The second-order valence-corrected chi connectivity index (χ2v) is 5.12. The minimum atomic E-state index is 0.268. The fourth-order valence-electron chi connectivity index (χ4n) is 1.58. The second kappa shape index (κ2) is 5.99. The lowest BCUT2D eigenvalue weighted by Gasteiger charge is -2.12. The summed E-state index contributed by atoms with van der Waals surface area (Å²) in [7, 11) is 1.63. The third-order valence-electron chi connectivity index (χ3n) is 2.45. The fraction of sp³-hybridized carbons (Fsp3) is 0.0769. The van der Waals surface area contributed by atoms with Crippen LogP contribution >= 0.6 is 28.1 Å². The zero-order chi connectivity index (χ0) is 13.8. The van der Waals surface area contributed by atoms with E-state index in [2.05, 4.69) is 26.2 Å². The van der Waals surface area contributed by atoms with Gasteiger partial charge in [0.25, 0.3) is 0 Å². The highest BCUT2D eigenvalue weighted by Crippen LogP contribution is 2.30. The van der Waals surface area contributed by atoms with Crippen molar-refractivity contribution in [2.45, 2.75) is 0 Å². The van der Waals surface area contributed by atoms with Gasteiger partial charge in [-0.3, -0.25) is 4.98 Å². The van der Waals surface area contributed by atoms with Gasteiger partial charge in [-0.15, -0.1) is 0 Å². The molecule has 0 radical (unpaired) electrons. The Morgan fingerprint density at radius 3 is 2.84 bits per heavy atom. The number of nitrogens with one attached hydrogen (secondary N) is 1. The Hall–Kier alpha value is -1.66. The van der Waals surface area contributed by atoms with Gasteiger partial charge in [0.1, 0.15) is 10.7 Å². The van der Waals surface area contributed by atoms with Crippen LogP contribution < -0.4 is 15.8 Å². The number of halogens is 1. The largest absolute Gasteiger partial charge is 0.495 e. The summed E-state index contributed by atoms with van der Waals surface area (Å²) < 4.78 is 6.26. The van der Waals surface area contributed by atoms with Crippen LogP contribution in [0.4, 0.5) is 11.4 Å². The van der Waals surface area contributed by atoms with Gasteiger partial charge in [0, 0.05) is 16.4 Å². The molecular weight excluding hydrogens is 326 g/mol. The number of ether oxygens (including phenoxy) is 1. The minimum absolute atomic E-state index is 0.268. The average molecular weight is 338 g/mol. The van der Waals surface area contributed by atoms with E-state index in [1.807, 2.05) is 24.3 Å². The lowest BCUT2D eigenvalue weighted by molar-refractivity contribution is 0.417. The summed E-state index contributed by atoms with van der Waals surface area (Å²) in [5.74, 6) is 0.747. The number of hydrogen-bond donors (Lipinski definition) is 2. The summed E-state index contributed by atoms with van der Waals surface area (Å²) in [6, 6.07) is 9.35. The SMILES string of the molecule is COc1ccc(Br)cc1Nc1ccnc(C(N)=S)c1. The topological polar surface area (TPSA) is 60.2 Å². The lowest BCUT2D eigenvalue weighted by Crippen LogP contribution is -2.11. The molecule has 0 fully saturated rings. The number of pyridine rings is 1. The summed E-state index contributed by atoms with van der Waals surface area (Å²) in [6.07, 6.45) is 1.65. The maximum atomic E-state index is 5.57. The molecule has 1 aromatic carbocycles. The summed E-state index contributed by atoms with van der Waals surface area (Å²) in [5, 5.41) is 3.25. The lowest BCUT2D eigenvalue weighted by atomic mass is 10.2. The van der Waals surface area contributed by atoms with E-state index in [-0.39, 0.29) is 4.99 Å². The quantitative estimate of drug-likeness (QED) is 0.838. The molecule has 0 unspecified atom stereocenters. The van der Waals surface area contributed by atoms with E-state index in [1.54, 1.807) is 19.4 Å². The molecule has 0 bridgehead atoms. The summed E-state index contributed by atoms with van der Waals surface area (Å²) in [5.41, 5.74) is 7.83. The van der Waals surface area contributed by atoms with Gasteiger partial charge in [-0.25, -0.2) is 0 Å². The minimum Gasteiger partial charge on any atom is -0.495 e. The Balaban J connectivity index is 2.33. The molecule has 0 aliphatic carbocycles. The Bertz CT molecular complexity index is 619. The number of methoxy groups -OCH3 is 1. The predicted molar refractivity (Wildman–Crippen MR) is 84.1 cm³/mol. The van der Waals surface area contributed by atoms with Crippen LogP contribution in [-0.2, 0) is 0 Å². The van der Waals surface area contributed by atoms with Crippen molar-refractivity contribution >= 4 is 44.5 Å². The zero-order valence-corrected chi connectivity index (χ0v) is 12.6. The van der Waals surface area contributed by atoms with Gasteiger partial charge in [0.15, 0.2) is 0 Å². The van der Waals surface area contributed by atoms with Gasteiger partial charge in [-0.1, -0.05) is 28.1 Å². The molecular formula is C13H12BrN3OS. The Labute approximate surface area is 125 Å². The van der Waals surface area contributed by atoms with Crippen molar-refractivity contribution in [1.29, 1.82) is 0 Å². The van der Waals surface area contributed by atoms with Crippen LogP contribution in [0.25, 0.3) is 0 Å². The Kier molecular flexibility index (Phi) is 4.34. The molecule has 0 aliphatic heterocycles. The van der Waals surface area contributed by atoms with Gasteiger partial charge in [0.2, 0.25) is 0 Å². The molecule has 6 heteroatoms. The normalized spacial score (nSPS) is 10.0. The maximum absolute atomic E-state index is 5.57. The predicted octanol–water partition coefficient (Wildman–Crippen LogP) is 3.23. The van der Waals surface area contributed by atoms with E-state index in [0.717, 1.165) is 21.6 Å². The van der Waals surface area contributed by atoms with Crippen LogP contribution in [0.5, 0.6) is 5.75 Å². The molecule has 0 aliphatic rings. The highest BCUT2D eigenvalue weighted by Gasteiger charge is 2.05. The van der Waals surface area contributed by atoms with Gasteiger partial charge in [-0.2, -0.15) is 0 Å². The molecule has 4 nitrogen and oxygen atoms in total. The van der Waals surface area contributed by atoms with Crippen molar-refractivity contribution in [3.05, 3.63) is 46.7 Å². The first-order chi connectivity index (χ1) is 9.10. The van der Waals surface area contributed by atoms with Gasteiger partial charge in [-0.05, 0) is 30.3 Å². The van der Waals surface area contributed by atoms with Crippen LogP contribution in [0.2, 0.25) is 0 Å². The van der Waals surface area contributed by atoms with E-state index < -0.39 is 0 Å². The molecule has 1 aromatic heterocycles. The number of benzene rings is 1. The number of aromatic nitrogens is 1. The molecule has 0 atom stereocenters. The summed E-state index contributed by atoms with van der Waals surface area (Å²) in [4.78, 5) is 4.36. The monoisotopic (exact) mass is 337 g/mol. The standard InChI is InChI=1S/C13H12BrN3OS/c1-18-12-3-2-8(14)6-10(12)17-9-4-5-16-11(7-9)13(15)19/h2-7H,1H3,(H2,15,19)(H,16,17). The van der Waals surface area contributed by atoms with E-state index in [1.165, 1.54) is 0 Å². The number of thiocarbonyl (C=S) groups is 1. The van der Waals surface area contributed by atoms with Crippen LogP contribution in [-0.4, -0.2) is 17.1 Å². The van der Waals surface area contributed by atoms with Gasteiger partial charge < -0.3 is 15.8 Å². The number of hydrogen-bond acceptors (Lipinski definition) is 4. The number of anilines is 2. The Morgan fingerprint density at radius 1 is 1.37 bits per heavy atom. The van der Waals surface area contributed by atoms with E-state index in [9.17, 15) is 0 Å². The van der Waals surface area contributed by atoms with Gasteiger partial charge >= 0.3 is 0 Å². The average Bonchev–Trinajstić information content (AvgIpc) is 2.39. The van der Waals surface area contributed by atoms with Crippen LogP contribution in [0, 0.1) is 0 Å². The molecule has 2 aromatic rings. The smallest absolute Gasteiger partial charge is 0.142 e. The van der Waals surface area contributed by atoms with Crippen LogP contribution in [0.15, 0.2) is 41.0 Å². The number of nitrogens with two attached hydrogens (primary N) is 1. The number of rotatable bonds is 4.